The van der Waals surface area contributed by atoms with Crippen LogP contribution in [0.4, 0.5) is 5.95 Å². The molecule has 1 unspecified atom stereocenters. The summed E-state index contributed by atoms with van der Waals surface area (Å²) < 4.78 is 2.32. The van der Waals surface area contributed by atoms with Gasteiger partial charge in [0.25, 0.3) is 0 Å². The first-order chi connectivity index (χ1) is 11.8. The molecular weight excluding hydrogens is 300 g/mol. The lowest BCUT2D eigenvalue weighted by Gasteiger charge is -2.23. The molecule has 6 heteroatoms. The Labute approximate surface area is 143 Å². The lowest BCUT2D eigenvalue weighted by atomic mass is 9.99. The van der Waals surface area contributed by atoms with Gasteiger partial charge in [0.05, 0.1) is 5.69 Å². The van der Waals surface area contributed by atoms with Crippen molar-refractivity contribution >= 4 is 5.95 Å². The van der Waals surface area contributed by atoms with Crippen molar-refractivity contribution in [2.45, 2.75) is 51.6 Å². The molecule has 4 heterocycles. The molecule has 0 saturated carbocycles. The molecule has 0 aromatic carbocycles. The third-order valence-electron chi connectivity index (χ3n) is 5.05. The summed E-state index contributed by atoms with van der Waals surface area (Å²) in [6.45, 7) is 7.14. The second kappa shape index (κ2) is 6.89. The number of nitrogens with zero attached hydrogens (tertiary/aromatic N) is 5. The maximum Gasteiger partial charge on any atom is 0.225 e. The van der Waals surface area contributed by atoms with Crippen molar-refractivity contribution in [3.05, 3.63) is 35.7 Å². The highest BCUT2D eigenvalue weighted by Crippen LogP contribution is 2.26. The number of hydrogen-bond donors (Lipinski definition) is 1. The molecule has 0 aliphatic carbocycles. The highest BCUT2D eigenvalue weighted by molar-refractivity contribution is 5.30. The van der Waals surface area contributed by atoms with E-state index in [9.17, 15) is 0 Å². The smallest absolute Gasteiger partial charge is 0.225 e. The normalized spacial score (nSPS) is 20.4. The van der Waals surface area contributed by atoms with Crippen LogP contribution in [0.25, 0.3) is 0 Å². The molecule has 128 valence electrons. The van der Waals surface area contributed by atoms with Gasteiger partial charge in [-0.1, -0.05) is 0 Å². The van der Waals surface area contributed by atoms with E-state index in [2.05, 4.69) is 37.9 Å². The quantitative estimate of drug-likeness (QED) is 0.913. The Morgan fingerprint density at radius 2 is 1.92 bits per heavy atom. The van der Waals surface area contributed by atoms with Crippen molar-refractivity contribution in [2.24, 2.45) is 0 Å². The Bertz CT molecular complexity index is 671. The zero-order chi connectivity index (χ0) is 16.4. The maximum absolute atomic E-state index is 4.71. The number of aromatic nitrogens is 4. The van der Waals surface area contributed by atoms with Gasteiger partial charge in [-0.25, -0.2) is 15.0 Å². The van der Waals surface area contributed by atoms with Crippen molar-refractivity contribution in [1.29, 1.82) is 0 Å². The molecule has 2 aliphatic heterocycles. The van der Waals surface area contributed by atoms with E-state index in [-0.39, 0.29) is 0 Å². The van der Waals surface area contributed by atoms with Crippen LogP contribution >= 0.6 is 0 Å². The Hall–Kier alpha value is -1.95. The average Bonchev–Trinajstić information content (AvgIpc) is 3.24. The van der Waals surface area contributed by atoms with Gasteiger partial charge >= 0.3 is 0 Å². The van der Waals surface area contributed by atoms with E-state index in [4.69, 9.17) is 4.98 Å². The minimum absolute atomic E-state index is 0.511. The fraction of sp³-hybridized carbons (Fsp3) is 0.611. The number of nitrogens with one attached hydrogen (secondary N) is 1. The fourth-order valence-corrected chi connectivity index (χ4v) is 3.81. The molecule has 1 saturated heterocycles. The molecule has 0 bridgehead atoms. The number of anilines is 1. The summed E-state index contributed by atoms with van der Waals surface area (Å²) in [7, 11) is 0. The number of imidazole rings is 1. The first-order valence-corrected chi connectivity index (χ1v) is 9.10. The molecule has 0 spiro atoms. The van der Waals surface area contributed by atoms with Crippen molar-refractivity contribution < 1.29 is 0 Å². The molecule has 1 atom stereocenters. The van der Waals surface area contributed by atoms with Crippen LogP contribution in [0.5, 0.6) is 0 Å². The Morgan fingerprint density at radius 1 is 1.12 bits per heavy atom. The monoisotopic (exact) mass is 326 g/mol. The van der Waals surface area contributed by atoms with Gasteiger partial charge in [0, 0.05) is 62.8 Å². The molecule has 0 radical (unpaired) electrons. The van der Waals surface area contributed by atoms with Gasteiger partial charge in [-0.05, 0) is 32.6 Å². The molecule has 6 nitrogen and oxygen atoms in total. The van der Waals surface area contributed by atoms with Crippen molar-refractivity contribution in [2.75, 3.05) is 24.5 Å². The van der Waals surface area contributed by atoms with Crippen LogP contribution in [0, 0.1) is 6.92 Å². The second-order valence-corrected chi connectivity index (χ2v) is 6.99. The SMILES string of the molecule is Cc1cn2c(n1)C(CNCc1cnc(N3CCCC3)nc1)CCC2. The third kappa shape index (κ3) is 3.29. The van der Waals surface area contributed by atoms with Gasteiger partial charge in [-0.2, -0.15) is 0 Å². The minimum Gasteiger partial charge on any atom is -0.341 e. The summed E-state index contributed by atoms with van der Waals surface area (Å²) in [5, 5.41) is 3.56. The van der Waals surface area contributed by atoms with Gasteiger partial charge < -0.3 is 14.8 Å². The number of aryl methyl sites for hydroxylation is 2. The maximum atomic E-state index is 4.71. The van der Waals surface area contributed by atoms with E-state index < -0.39 is 0 Å². The van der Waals surface area contributed by atoms with Crippen molar-refractivity contribution in [3.8, 4) is 0 Å². The summed E-state index contributed by atoms with van der Waals surface area (Å²) in [6, 6.07) is 0. The van der Waals surface area contributed by atoms with Crippen LogP contribution in [0.15, 0.2) is 18.6 Å². The van der Waals surface area contributed by atoms with E-state index in [0.29, 0.717) is 5.92 Å². The number of fused-ring (bicyclic) bond motifs is 1. The predicted molar refractivity (Wildman–Crippen MR) is 94.1 cm³/mol. The Balaban J connectivity index is 1.31. The zero-order valence-electron chi connectivity index (χ0n) is 14.4. The molecule has 2 aromatic heterocycles. The predicted octanol–water partition coefficient (Wildman–Crippen LogP) is 2.25. The largest absolute Gasteiger partial charge is 0.341 e. The highest BCUT2D eigenvalue weighted by atomic mass is 15.3. The lowest BCUT2D eigenvalue weighted by molar-refractivity contribution is 0.422. The summed E-state index contributed by atoms with van der Waals surface area (Å²) in [5.74, 6) is 2.63. The standard InChI is InChI=1S/C18H26N6/c1-14-13-24-8-4-5-16(17(24)22-14)12-19-9-15-10-20-18(21-11-15)23-6-2-3-7-23/h10-11,13,16,19H,2-9,12H2,1H3. The third-order valence-corrected chi connectivity index (χ3v) is 5.05. The van der Waals surface area contributed by atoms with E-state index in [1.807, 2.05) is 12.4 Å². The van der Waals surface area contributed by atoms with Crippen LogP contribution in [-0.2, 0) is 13.1 Å². The topological polar surface area (TPSA) is 58.9 Å². The van der Waals surface area contributed by atoms with Crippen molar-refractivity contribution in [1.82, 2.24) is 24.8 Å². The van der Waals surface area contributed by atoms with E-state index in [1.54, 1.807) is 0 Å². The highest BCUT2D eigenvalue weighted by Gasteiger charge is 2.22. The first-order valence-electron chi connectivity index (χ1n) is 9.10. The summed E-state index contributed by atoms with van der Waals surface area (Å²) in [5.41, 5.74) is 2.27. The molecule has 24 heavy (non-hydrogen) atoms. The average molecular weight is 326 g/mol. The first kappa shape index (κ1) is 15.6. The fourth-order valence-electron chi connectivity index (χ4n) is 3.81. The lowest BCUT2D eigenvalue weighted by Crippen LogP contribution is -2.26. The summed E-state index contributed by atoms with van der Waals surface area (Å²) in [6.07, 6.45) is 11.1. The molecule has 2 aliphatic rings. The van der Waals surface area contributed by atoms with Crippen LogP contribution in [0.3, 0.4) is 0 Å². The van der Waals surface area contributed by atoms with Gasteiger partial charge in [-0.15, -0.1) is 0 Å². The van der Waals surface area contributed by atoms with E-state index in [0.717, 1.165) is 49.9 Å². The molecule has 4 rings (SSSR count). The second-order valence-electron chi connectivity index (χ2n) is 6.99. The van der Waals surface area contributed by atoms with Crippen molar-refractivity contribution in [3.63, 3.8) is 0 Å². The van der Waals surface area contributed by atoms with Gasteiger partial charge in [0.1, 0.15) is 5.82 Å². The van der Waals surface area contributed by atoms with Gasteiger partial charge in [-0.3, -0.25) is 0 Å². The molecule has 1 fully saturated rings. The summed E-state index contributed by atoms with van der Waals surface area (Å²) >= 11 is 0. The zero-order valence-corrected chi connectivity index (χ0v) is 14.4. The van der Waals surface area contributed by atoms with Crippen LogP contribution in [0.1, 0.15) is 48.7 Å². The Kier molecular flexibility index (Phi) is 4.47. The Morgan fingerprint density at radius 3 is 2.71 bits per heavy atom. The number of hydrogen-bond acceptors (Lipinski definition) is 5. The van der Waals surface area contributed by atoms with Crippen LogP contribution in [0.2, 0.25) is 0 Å². The van der Waals surface area contributed by atoms with E-state index >= 15 is 0 Å². The number of rotatable bonds is 5. The molecule has 1 N–H and O–H groups in total. The van der Waals surface area contributed by atoms with Gasteiger partial charge in [0.2, 0.25) is 5.95 Å². The van der Waals surface area contributed by atoms with Crippen LogP contribution < -0.4 is 10.2 Å². The molecular formula is C18H26N6. The molecule has 2 aromatic rings. The van der Waals surface area contributed by atoms with Gasteiger partial charge in [0.15, 0.2) is 0 Å². The summed E-state index contributed by atoms with van der Waals surface area (Å²) in [4.78, 5) is 16.0. The minimum atomic E-state index is 0.511. The molecule has 0 amide bonds. The van der Waals surface area contributed by atoms with E-state index in [1.165, 1.54) is 31.5 Å². The van der Waals surface area contributed by atoms with Crippen LogP contribution in [-0.4, -0.2) is 39.2 Å².